The molecule has 1 atom stereocenters. The fraction of sp³-hybridized carbons (Fsp3) is 0.417. The molecular formula is C12H16O3. The Hall–Kier alpha value is -1.51. The Morgan fingerprint density at radius 2 is 2.20 bits per heavy atom. The van der Waals surface area contributed by atoms with E-state index in [2.05, 4.69) is 13.8 Å². The standard InChI is InChI=1S/C12H16O3/c1-4-8(2)10-6-5-9(12(13)14)7-11(10)15-3/h5-8H,4H2,1-3H3,(H,13,14). The molecule has 1 N–H and O–H groups in total. The number of aromatic carboxylic acids is 1. The third-order valence-corrected chi connectivity index (χ3v) is 2.62. The lowest BCUT2D eigenvalue weighted by Gasteiger charge is -2.14. The van der Waals surface area contributed by atoms with E-state index < -0.39 is 5.97 Å². The van der Waals surface area contributed by atoms with E-state index in [9.17, 15) is 4.79 Å². The molecule has 0 spiro atoms. The van der Waals surface area contributed by atoms with Crippen LogP contribution in [0.25, 0.3) is 0 Å². The summed E-state index contributed by atoms with van der Waals surface area (Å²) in [5.74, 6) is 0.107. The predicted octanol–water partition coefficient (Wildman–Crippen LogP) is 2.91. The fourth-order valence-corrected chi connectivity index (χ4v) is 1.47. The number of carboxylic acids is 1. The summed E-state index contributed by atoms with van der Waals surface area (Å²) in [5, 5.41) is 8.84. The van der Waals surface area contributed by atoms with Gasteiger partial charge in [0.25, 0.3) is 0 Å². The van der Waals surface area contributed by atoms with Gasteiger partial charge in [-0.2, -0.15) is 0 Å². The number of rotatable bonds is 4. The lowest BCUT2D eigenvalue weighted by atomic mass is 9.96. The van der Waals surface area contributed by atoms with E-state index in [-0.39, 0.29) is 5.56 Å². The lowest BCUT2D eigenvalue weighted by molar-refractivity contribution is 0.0696. The largest absolute Gasteiger partial charge is 0.496 e. The van der Waals surface area contributed by atoms with Gasteiger partial charge in [-0.15, -0.1) is 0 Å². The van der Waals surface area contributed by atoms with E-state index in [4.69, 9.17) is 9.84 Å². The molecule has 3 nitrogen and oxygen atoms in total. The number of methoxy groups -OCH3 is 1. The summed E-state index contributed by atoms with van der Waals surface area (Å²) in [6, 6.07) is 5.02. The molecule has 15 heavy (non-hydrogen) atoms. The summed E-state index contributed by atoms with van der Waals surface area (Å²) in [7, 11) is 1.56. The minimum atomic E-state index is -0.927. The van der Waals surface area contributed by atoms with Gasteiger partial charge in [-0.25, -0.2) is 4.79 Å². The van der Waals surface area contributed by atoms with Crippen molar-refractivity contribution in [2.45, 2.75) is 26.2 Å². The third-order valence-electron chi connectivity index (χ3n) is 2.62. The first-order valence-electron chi connectivity index (χ1n) is 5.01. The topological polar surface area (TPSA) is 46.5 Å². The molecule has 0 saturated carbocycles. The molecule has 1 aromatic carbocycles. The van der Waals surface area contributed by atoms with Crippen LogP contribution in [0.15, 0.2) is 18.2 Å². The zero-order valence-electron chi connectivity index (χ0n) is 9.28. The van der Waals surface area contributed by atoms with Crippen molar-refractivity contribution in [3.8, 4) is 5.75 Å². The van der Waals surface area contributed by atoms with Gasteiger partial charge in [0.2, 0.25) is 0 Å². The van der Waals surface area contributed by atoms with Crippen molar-refractivity contribution in [1.29, 1.82) is 0 Å². The van der Waals surface area contributed by atoms with Gasteiger partial charge in [0.05, 0.1) is 12.7 Å². The van der Waals surface area contributed by atoms with Gasteiger partial charge in [0, 0.05) is 0 Å². The second-order valence-electron chi connectivity index (χ2n) is 3.57. The average Bonchev–Trinajstić information content (AvgIpc) is 2.27. The predicted molar refractivity (Wildman–Crippen MR) is 58.7 cm³/mol. The monoisotopic (exact) mass is 208 g/mol. The normalized spacial score (nSPS) is 12.2. The molecule has 0 heterocycles. The second-order valence-corrected chi connectivity index (χ2v) is 3.57. The summed E-state index contributed by atoms with van der Waals surface area (Å²) in [5.41, 5.74) is 1.32. The summed E-state index contributed by atoms with van der Waals surface area (Å²) in [4.78, 5) is 10.8. The minimum absolute atomic E-state index is 0.263. The summed E-state index contributed by atoms with van der Waals surface area (Å²) in [6.45, 7) is 4.19. The maximum atomic E-state index is 10.8. The van der Waals surface area contributed by atoms with E-state index >= 15 is 0 Å². The Bertz CT molecular complexity index is 358. The number of ether oxygens (including phenoxy) is 1. The van der Waals surface area contributed by atoms with E-state index in [1.54, 1.807) is 19.2 Å². The average molecular weight is 208 g/mol. The van der Waals surface area contributed by atoms with Gasteiger partial charge in [-0.1, -0.05) is 19.9 Å². The van der Waals surface area contributed by atoms with Crippen LogP contribution in [0, 0.1) is 0 Å². The second kappa shape index (κ2) is 4.82. The fourth-order valence-electron chi connectivity index (χ4n) is 1.47. The van der Waals surface area contributed by atoms with Crippen molar-refractivity contribution in [3.05, 3.63) is 29.3 Å². The van der Waals surface area contributed by atoms with Crippen LogP contribution in [0.4, 0.5) is 0 Å². The number of hydrogen-bond acceptors (Lipinski definition) is 2. The van der Waals surface area contributed by atoms with Crippen molar-refractivity contribution in [1.82, 2.24) is 0 Å². The molecule has 0 bridgehead atoms. The van der Waals surface area contributed by atoms with Gasteiger partial charge in [-0.05, 0) is 30.0 Å². The Labute approximate surface area is 89.7 Å². The van der Waals surface area contributed by atoms with Crippen molar-refractivity contribution in [2.75, 3.05) is 7.11 Å². The maximum Gasteiger partial charge on any atom is 0.335 e. The molecule has 0 aliphatic heterocycles. The number of carboxylic acid groups (broad SMARTS) is 1. The van der Waals surface area contributed by atoms with Gasteiger partial charge < -0.3 is 9.84 Å². The molecule has 1 unspecified atom stereocenters. The molecule has 0 radical (unpaired) electrons. The molecule has 0 fully saturated rings. The molecule has 3 heteroatoms. The first kappa shape index (κ1) is 11.6. The highest BCUT2D eigenvalue weighted by atomic mass is 16.5. The van der Waals surface area contributed by atoms with Gasteiger partial charge in [0.15, 0.2) is 0 Å². The van der Waals surface area contributed by atoms with E-state index in [1.165, 1.54) is 0 Å². The zero-order chi connectivity index (χ0) is 11.4. The number of benzene rings is 1. The first-order valence-corrected chi connectivity index (χ1v) is 5.01. The third kappa shape index (κ3) is 2.49. The van der Waals surface area contributed by atoms with Crippen LogP contribution < -0.4 is 4.74 Å². The van der Waals surface area contributed by atoms with Crippen LogP contribution in [0.3, 0.4) is 0 Å². The molecule has 0 aromatic heterocycles. The Morgan fingerprint density at radius 1 is 1.53 bits per heavy atom. The highest BCUT2D eigenvalue weighted by molar-refractivity contribution is 5.88. The van der Waals surface area contributed by atoms with Crippen LogP contribution in [0.1, 0.15) is 42.1 Å². The van der Waals surface area contributed by atoms with Crippen LogP contribution in [-0.4, -0.2) is 18.2 Å². The number of carbonyl (C=O) groups is 1. The quantitative estimate of drug-likeness (QED) is 0.827. The first-order chi connectivity index (χ1) is 7.10. The maximum absolute atomic E-state index is 10.8. The summed E-state index contributed by atoms with van der Waals surface area (Å²) >= 11 is 0. The van der Waals surface area contributed by atoms with Crippen molar-refractivity contribution in [3.63, 3.8) is 0 Å². The number of hydrogen-bond donors (Lipinski definition) is 1. The highest BCUT2D eigenvalue weighted by Crippen LogP contribution is 2.29. The summed E-state index contributed by atoms with van der Waals surface area (Å²) < 4.78 is 5.20. The molecular weight excluding hydrogens is 192 g/mol. The molecule has 0 aliphatic carbocycles. The van der Waals surface area contributed by atoms with Gasteiger partial charge >= 0.3 is 5.97 Å². The molecule has 1 aromatic rings. The lowest BCUT2D eigenvalue weighted by Crippen LogP contribution is -2.01. The van der Waals surface area contributed by atoms with Gasteiger partial charge in [-0.3, -0.25) is 0 Å². The van der Waals surface area contributed by atoms with Crippen molar-refractivity contribution >= 4 is 5.97 Å². The zero-order valence-corrected chi connectivity index (χ0v) is 9.28. The molecule has 82 valence electrons. The Balaban J connectivity index is 3.14. The minimum Gasteiger partial charge on any atom is -0.496 e. The Kier molecular flexibility index (Phi) is 3.72. The van der Waals surface area contributed by atoms with Crippen LogP contribution in [0.5, 0.6) is 5.75 Å². The molecule has 0 aliphatic rings. The smallest absolute Gasteiger partial charge is 0.335 e. The molecule has 1 rings (SSSR count). The highest BCUT2D eigenvalue weighted by Gasteiger charge is 2.12. The van der Waals surface area contributed by atoms with Crippen LogP contribution in [0.2, 0.25) is 0 Å². The Morgan fingerprint density at radius 3 is 2.67 bits per heavy atom. The van der Waals surface area contributed by atoms with E-state index in [1.807, 2.05) is 6.07 Å². The van der Waals surface area contributed by atoms with E-state index in [0.29, 0.717) is 11.7 Å². The molecule has 0 amide bonds. The van der Waals surface area contributed by atoms with E-state index in [0.717, 1.165) is 12.0 Å². The SMILES string of the molecule is CCC(C)c1ccc(C(=O)O)cc1OC. The van der Waals surface area contributed by atoms with Crippen LogP contribution in [-0.2, 0) is 0 Å². The van der Waals surface area contributed by atoms with Crippen molar-refractivity contribution in [2.24, 2.45) is 0 Å². The summed E-state index contributed by atoms with van der Waals surface area (Å²) in [6.07, 6.45) is 1.00. The van der Waals surface area contributed by atoms with Crippen LogP contribution >= 0.6 is 0 Å². The molecule has 0 saturated heterocycles. The van der Waals surface area contributed by atoms with Crippen molar-refractivity contribution < 1.29 is 14.6 Å². The van der Waals surface area contributed by atoms with Gasteiger partial charge in [0.1, 0.15) is 5.75 Å².